The number of hydrogen-bond acceptors (Lipinski definition) is 2. The summed E-state index contributed by atoms with van der Waals surface area (Å²) in [6, 6.07) is 35.3. The molecule has 0 bridgehead atoms. The van der Waals surface area contributed by atoms with Gasteiger partial charge in [0.15, 0.2) is 0 Å². The second-order valence-electron chi connectivity index (χ2n) is 10.9. The molecule has 4 aromatic carbocycles. The Kier molecular flexibility index (Phi) is 3.99. The second-order valence-corrected chi connectivity index (χ2v) is 10.9. The van der Waals surface area contributed by atoms with Crippen LogP contribution in [0.25, 0.3) is 22.2 Å². The molecule has 2 nitrogen and oxygen atoms in total. The van der Waals surface area contributed by atoms with Crippen LogP contribution < -0.4 is 4.90 Å². The van der Waals surface area contributed by atoms with Gasteiger partial charge in [0.1, 0.15) is 0 Å². The fourth-order valence-corrected chi connectivity index (χ4v) is 6.27. The minimum Gasteiger partial charge on any atom is -0.309 e. The van der Waals surface area contributed by atoms with E-state index in [1.165, 1.54) is 44.7 Å². The predicted octanol–water partition coefficient (Wildman–Crippen LogP) is 8.65. The first-order valence-corrected chi connectivity index (χ1v) is 12.4. The average molecular weight is 453 g/mol. The van der Waals surface area contributed by atoms with E-state index in [0.717, 1.165) is 16.8 Å². The molecule has 0 radical (unpaired) electrons. The van der Waals surface area contributed by atoms with Gasteiger partial charge in [-0.25, -0.2) is 4.98 Å². The van der Waals surface area contributed by atoms with E-state index < -0.39 is 0 Å². The van der Waals surface area contributed by atoms with Crippen LogP contribution in [-0.4, -0.2) is 4.98 Å². The molecular weight excluding hydrogens is 424 g/mol. The van der Waals surface area contributed by atoms with E-state index in [-0.39, 0.29) is 10.8 Å². The molecule has 2 aliphatic rings. The van der Waals surface area contributed by atoms with Crippen LogP contribution in [-0.2, 0) is 10.8 Å². The minimum absolute atomic E-state index is 0.0546. The molecule has 170 valence electrons. The predicted molar refractivity (Wildman–Crippen MR) is 146 cm³/mol. The first kappa shape index (κ1) is 20.5. The van der Waals surface area contributed by atoms with E-state index in [2.05, 4.69) is 130 Å². The Morgan fingerprint density at radius 1 is 0.571 bits per heavy atom. The van der Waals surface area contributed by atoms with Crippen LogP contribution >= 0.6 is 0 Å². The van der Waals surface area contributed by atoms with Crippen molar-refractivity contribution in [3.05, 3.63) is 119 Å². The second kappa shape index (κ2) is 6.82. The highest BCUT2D eigenvalue weighted by atomic mass is 15.2. The number of pyridine rings is 1. The van der Waals surface area contributed by atoms with Crippen molar-refractivity contribution in [2.45, 2.75) is 38.5 Å². The van der Waals surface area contributed by atoms with E-state index in [1.54, 1.807) is 0 Å². The fraction of sp³-hybridized carbons (Fsp3) is 0.182. The summed E-state index contributed by atoms with van der Waals surface area (Å²) in [6.45, 7) is 9.44. The summed E-state index contributed by atoms with van der Waals surface area (Å²) in [5, 5.41) is 1.17. The van der Waals surface area contributed by atoms with Crippen LogP contribution in [0.2, 0.25) is 0 Å². The maximum absolute atomic E-state index is 4.99. The molecule has 0 fully saturated rings. The number of anilines is 3. The quantitative estimate of drug-likeness (QED) is 0.253. The SMILES string of the molecule is CC1(C)c2ccccc2N2c3ccc(-c4ccc5ccccc5n4)cc3C(C)(C)c3cccc1c32. The summed E-state index contributed by atoms with van der Waals surface area (Å²) in [4.78, 5) is 7.50. The van der Waals surface area contributed by atoms with Crippen LogP contribution in [0.5, 0.6) is 0 Å². The van der Waals surface area contributed by atoms with Crippen molar-refractivity contribution >= 4 is 28.0 Å². The highest BCUT2D eigenvalue weighted by Gasteiger charge is 2.45. The van der Waals surface area contributed by atoms with Crippen molar-refractivity contribution in [3.63, 3.8) is 0 Å². The molecule has 2 heteroatoms. The van der Waals surface area contributed by atoms with Gasteiger partial charge in [-0.3, -0.25) is 0 Å². The van der Waals surface area contributed by atoms with Crippen LogP contribution in [0.1, 0.15) is 49.9 Å². The maximum Gasteiger partial charge on any atom is 0.0709 e. The van der Waals surface area contributed by atoms with E-state index >= 15 is 0 Å². The van der Waals surface area contributed by atoms with Crippen molar-refractivity contribution in [3.8, 4) is 11.3 Å². The summed E-state index contributed by atoms with van der Waals surface area (Å²) in [5.41, 5.74) is 12.4. The van der Waals surface area contributed by atoms with Crippen LogP contribution in [0.3, 0.4) is 0 Å². The average Bonchev–Trinajstić information content (AvgIpc) is 2.88. The number of nitrogens with zero attached hydrogens (tertiary/aromatic N) is 2. The van der Waals surface area contributed by atoms with Crippen molar-refractivity contribution in [1.82, 2.24) is 4.98 Å². The third kappa shape index (κ3) is 2.68. The van der Waals surface area contributed by atoms with E-state index in [0.29, 0.717) is 0 Å². The van der Waals surface area contributed by atoms with Gasteiger partial charge in [0.05, 0.1) is 28.3 Å². The number of rotatable bonds is 1. The standard InChI is InChI=1S/C33H28N2/c1-32(2)23-11-6-8-15-29(23)35-30-19-17-22(28-18-16-21-10-5-7-14-27(21)34-28)20-26(30)33(3,4)25-13-9-12-24(32)31(25)35/h5-20H,1-4H3. The molecule has 0 unspecified atom stereocenters. The van der Waals surface area contributed by atoms with Gasteiger partial charge in [0.2, 0.25) is 0 Å². The van der Waals surface area contributed by atoms with Crippen LogP contribution in [0, 0.1) is 0 Å². The van der Waals surface area contributed by atoms with Gasteiger partial charge in [0.25, 0.3) is 0 Å². The lowest BCUT2D eigenvalue weighted by Gasteiger charge is -2.49. The van der Waals surface area contributed by atoms with Gasteiger partial charge < -0.3 is 4.90 Å². The molecule has 3 heterocycles. The number of para-hydroxylation sites is 3. The van der Waals surface area contributed by atoms with Crippen molar-refractivity contribution in [1.29, 1.82) is 0 Å². The monoisotopic (exact) mass is 452 g/mol. The maximum atomic E-state index is 4.99. The molecule has 0 N–H and O–H groups in total. The zero-order chi connectivity index (χ0) is 23.9. The van der Waals surface area contributed by atoms with Gasteiger partial charge in [-0.2, -0.15) is 0 Å². The molecule has 0 saturated heterocycles. The van der Waals surface area contributed by atoms with Gasteiger partial charge in [-0.15, -0.1) is 0 Å². The van der Waals surface area contributed by atoms with E-state index in [4.69, 9.17) is 4.98 Å². The number of aromatic nitrogens is 1. The highest BCUT2D eigenvalue weighted by molar-refractivity contribution is 5.93. The molecule has 2 aliphatic heterocycles. The fourth-order valence-electron chi connectivity index (χ4n) is 6.27. The summed E-state index contributed by atoms with van der Waals surface area (Å²) >= 11 is 0. The molecule has 0 saturated carbocycles. The molecule has 5 aromatic rings. The lowest BCUT2D eigenvalue weighted by molar-refractivity contribution is 0.597. The number of fused-ring (bicyclic) bond motifs is 5. The van der Waals surface area contributed by atoms with Gasteiger partial charge >= 0.3 is 0 Å². The zero-order valence-corrected chi connectivity index (χ0v) is 20.6. The topological polar surface area (TPSA) is 16.1 Å². The van der Waals surface area contributed by atoms with Gasteiger partial charge in [-0.05, 0) is 52.6 Å². The Bertz CT molecular complexity index is 1660. The Morgan fingerprint density at radius 2 is 1.23 bits per heavy atom. The lowest BCUT2D eigenvalue weighted by atomic mass is 9.66. The Morgan fingerprint density at radius 3 is 2.06 bits per heavy atom. The molecular formula is C33H28N2. The molecule has 1 aromatic heterocycles. The zero-order valence-electron chi connectivity index (χ0n) is 20.6. The first-order valence-electron chi connectivity index (χ1n) is 12.4. The largest absolute Gasteiger partial charge is 0.309 e. The summed E-state index contributed by atoms with van der Waals surface area (Å²) in [6.07, 6.45) is 0. The molecule has 0 spiro atoms. The number of hydrogen-bond donors (Lipinski definition) is 0. The third-order valence-electron chi connectivity index (χ3n) is 8.23. The van der Waals surface area contributed by atoms with Gasteiger partial charge in [-0.1, -0.05) is 94.4 Å². The molecule has 0 aliphatic carbocycles. The van der Waals surface area contributed by atoms with Crippen molar-refractivity contribution in [2.75, 3.05) is 4.90 Å². The first-order chi connectivity index (χ1) is 16.9. The Hall–Kier alpha value is -3.91. The normalized spacial score (nSPS) is 16.4. The Labute approximate surface area is 206 Å². The van der Waals surface area contributed by atoms with E-state index in [9.17, 15) is 0 Å². The summed E-state index contributed by atoms with van der Waals surface area (Å²) < 4.78 is 0. The van der Waals surface area contributed by atoms with Crippen LogP contribution in [0.4, 0.5) is 17.1 Å². The number of benzene rings is 4. The Balaban J connectivity index is 1.49. The van der Waals surface area contributed by atoms with Crippen molar-refractivity contribution < 1.29 is 0 Å². The van der Waals surface area contributed by atoms with Crippen LogP contribution in [0.15, 0.2) is 97.1 Å². The molecule has 0 amide bonds. The molecule has 0 atom stereocenters. The lowest BCUT2D eigenvalue weighted by Crippen LogP contribution is -2.38. The smallest absolute Gasteiger partial charge is 0.0709 e. The minimum atomic E-state index is -0.133. The van der Waals surface area contributed by atoms with Gasteiger partial charge in [0, 0.05) is 21.8 Å². The summed E-state index contributed by atoms with van der Waals surface area (Å²) in [7, 11) is 0. The molecule has 35 heavy (non-hydrogen) atoms. The van der Waals surface area contributed by atoms with E-state index in [1.807, 2.05) is 0 Å². The molecule has 7 rings (SSSR count). The third-order valence-corrected chi connectivity index (χ3v) is 8.23. The van der Waals surface area contributed by atoms with Crippen molar-refractivity contribution in [2.24, 2.45) is 0 Å². The summed E-state index contributed by atoms with van der Waals surface area (Å²) in [5.74, 6) is 0. The highest BCUT2D eigenvalue weighted by Crippen LogP contribution is 2.60.